The summed E-state index contributed by atoms with van der Waals surface area (Å²) in [6.45, 7) is 1.89. The van der Waals surface area contributed by atoms with Gasteiger partial charge in [-0.2, -0.15) is 0 Å². The number of halogens is 1. The van der Waals surface area contributed by atoms with E-state index < -0.39 is 10.0 Å². The molecule has 0 radical (unpaired) electrons. The molecule has 0 unspecified atom stereocenters. The summed E-state index contributed by atoms with van der Waals surface area (Å²) in [5, 5.41) is 3.50. The monoisotopic (exact) mass is 392 g/mol. The molecule has 1 amide bonds. The van der Waals surface area contributed by atoms with Crippen LogP contribution >= 0.6 is 11.6 Å². The van der Waals surface area contributed by atoms with Crippen LogP contribution in [0.25, 0.3) is 0 Å². The molecule has 1 aliphatic rings. The first-order valence-corrected chi connectivity index (χ1v) is 10.4. The van der Waals surface area contributed by atoms with Gasteiger partial charge in [0.1, 0.15) is 0 Å². The summed E-state index contributed by atoms with van der Waals surface area (Å²) in [5.41, 5.74) is 2.56. The summed E-state index contributed by atoms with van der Waals surface area (Å²) >= 11 is 5.91. The van der Waals surface area contributed by atoms with E-state index in [2.05, 4.69) is 10.0 Å². The van der Waals surface area contributed by atoms with Crippen molar-refractivity contribution >= 4 is 33.2 Å². The van der Waals surface area contributed by atoms with Crippen LogP contribution in [-0.4, -0.2) is 20.4 Å². The van der Waals surface area contributed by atoms with Gasteiger partial charge in [-0.3, -0.25) is 4.79 Å². The van der Waals surface area contributed by atoms with Gasteiger partial charge in [0.15, 0.2) is 0 Å². The van der Waals surface area contributed by atoms with E-state index in [-0.39, 0.29) is 16.8 Å². The average Bonchev–Trinajstić information content (AvgIpc) is 3.39. The Bertz CT molecular complexity index is 907. The normalized spacial score (nSPS) is 14.2. The highest BCUT2D eigenvalue weighted by Crippen LogP contribution is 2.23. The van der Waals surface area contributed by atoms with Gasteiger partial charge in [-0.05, 0) is 67.6 Å². The van der Waals surface area contributed by atoms with Gasteiger partial charge < -0.3 is 5.32 Å². The van der Waals surface area contributed by atoms with Crippen molar-refractivity contribution < 1.29 is 13.2 Å². The molecule has 0 aliphatic heterocycles. The summed E-state index contributed by atoms with van der Waals surface area (Å²) < 4.78 is 26.9. The third-order valence-corrected chi connectivity index (χ3v) is 6.01. The van der Waals surface area contributed by atoms with Crippen LogP contribution in [0, 0.1) is 6.92 Å². The maximum Gasteiger partial charge on any atom is 0.240 e. The summed E-state index contributed by atoms with van der Waals surface area (Å²) in [5.74, 6) is -0.0949. The number of hydrogen-bond donors (Lipinski definition) is 2. The Morgan fingerprint density at radius 3 is 2.46 bits per heavy atom. The SMILES string of the molecule is Cc1cc(Cl)ccc1NC(=O)CCc1ccc(S(=O)(=O)NC2CC2)cc1. The van der Waals surface area contributed by atoms with Crippen molar-refractivity contribution in [2.24, 2.45) is 0 Å². The number of rotatable bonds is 7. The van der Waals surface area contributed by atoms with E-state index in [0.717, 1.165) is 29.7 Å². The Balaban J connectivity index is 1.55. The third-order valence-electron chi connectivity index (χ3n) is 4.24. The van der Waals surface area contributed by atoms with E-state index in [1.165, 1.54) is 0 Å². The van der Waals surface area contributed by atoms with Gasteiger partial charge >= 0.3 is 0 Å². The lowest BCUT2D eigenvalue weighted by atomic mass is 10.1. The van der Waals surface area contributed by atoms with Gasteiger partial charge in [0, 0.05) is 23.2 Å². The Kier molecular flexibility index (Phi) is 5.65. The fourth-order valence-electron chi connectivity index (χ4n) is 2.56. The van der Waals surface area contributed by atoms with Crippen LogP contribution in [0.5, 0.6) is 0 Å². The molecule has 0 heterocycles. The molecule has 1 aliphatic carbocycles. The van der Waals surface area contributed by atoms with Crippen LogP contribution in [0.1, 0.15) is 30.4 Å². The van der Waals surface area contributed by atoms with E-state index in [4.69, 9.17) is 11.6 Å². The third kappa shape index (κ3) is 5.06. The Morgan fingerprint density at radius 2 is 1.85 bits per heavy atom. The van der Waals surface area contributed by atoms with Crippen molar-refractivity contribution in [1.82, 2.24) is 4.72 Å². The predicted octanol–water partition coefficient (Wildman–Crippen LogP) is 3.66. The van der Waals surface area contributed by atoms with Crippen molar-refractivity contribution in [3.8, 4) is 0 Å². The minimum absolute atomic E-state index is 0.0831. The largest absolute Gasteiger partial charge is 0.326 e. The molecule has 3 rings (SSSR count). The lowest BCUT2D eigenvalue weighted by molar-refractivity contribution is -0.116. The van der Waals surface area contributed by atoms with Crippen LogP contribution in [0.3, 0.4) is 0 Å². The molecule has 138 valence electrons. The van der Waals surface area contributed by atoms with Gasteiger partial charge in [0.2, 0.25) is 15.9 Å². The summed E-state index contributed by atoms with van der Waals surface area (Å²) in [4.78, 5) is 12.4. The second-order valence-corrected chi connectivity index (χ2v) is 8.70. The van der Waals surface area contributed by atoms with E-state index in [9.17, 15) is 13.2 Å². The van der Waals surface area contributed by atoms with Crippen LogP contribution in [-0.2, 0) is 21.2 Å². The van der Waals surface area contributed by atoms with Crippen molar-refractivity contribution in [1.29, 1.82) is 0 Å². The van der Waals surface area contributed by atoms with Gasteiger partial charge in [-0.15, -0.1) is 0 Å². The fourth-order valence-corrected chi connectivity index (χ4v) is 4.09. The summed E-state index contributed by atoms with van der Waals surface area (Å²) in [6, 6.07) is 12.1. The quantitative estimate of drug-likeness (QED) is 0.755. The molecule has 0 aromatic heterocycles. The molecule has 0 saturated heterocycles. The molecule has 0 spiro atoms. The van der Waals surface area contributed by atoms with Gasteiger partial charge in [0.25, 0.3) is 0 Å². The van der Waals surface area contributed by atoms with E-state index >= 15 is 0 Å². The molecule has 2 aromatic rings. The molecule has 0 bridgehead atoms. The number of carbonyl (C=O) groups excluding carboxylic acids is 1. The smallest absolute Gasteiger partial charge is 0.240 e. The number of carbonyl (C=O) groups is 1. The van der Waals surface area contributed by atoms with E-state index in [1.807, 2.05) is 6.92 Å². The number of hydrogen-bond acceptors (Lipinski definition) is 3. The lowest BCUT2D eigenvalue weighted by Crippen LogP contribution is -2.25. The van der Waals surface area contributed by atoms with E-state index in [0.29, 0.717) is 17.9 Å². The van der Waals surface area contributed by atoms with Crippen LogP contribution in [0.2, 0.25) is 5.02 Å². The van der Waals surface area contributed by atoms with Gasteiger partial charge in [-0.1, -0.05) is 23.7 Å². The molecular weight excluding hydrogens is 372 g/mol. The standard InChI is InChI=1S/C19H21ClN2O3S/c1-13-12-15(20)5-10-18(13)21-19(23)11-4-14-2-8-17(9-3-14)26(24,25)22-16-6-7-16/h2-3,5,8-10,12,16,22H,4,6-7,11H2,1H3,(H,21,23). The van der Waals surface area contributed by atoms with E-state index in [1.54, 1.807) is 42.5 Å². The first-order valence-electron chi connectivity index (χ1n) is 8.51. The Morgan fingerprint density at radius 1 is 1.15 bits per heavy atom. The van der Waals surface area contributed by atoms with Gasteiger partial charge in [0.05, 0.1) is 4.90 Å². The molecule has 1 saturated carbocycles. The molecule has 1 fully saturated rings. The highest BCUT2D eigenvalue weighted by Gasteiger charge is 2.27. The Labute approximate surface area is 158 Å². The fraction of sp³-hybridized carbons (Fsp3) is 0.316. The number of amides is 1. The molecule has 5 nitrogen and oxygen atoms in total. The summed E-state index contributed by atoms with van der Waals surface area (Å²) in [7, 11) is -3.43. The molecule has 2 N–H and O–H groups in total. The molecule has 2 aromatic carbocycles. The van der Waals surface area contributed by atoms with Crippen LogP contribution in [0.15, 0.2) is 47.4 Å². The molecular formula is C19H21ClN2O3S. The second kappa shape index (κ2) is 7.78. The number of aryl methyl sites for hydroxylation is 2. The van der Waals surface area contributed by atoms with Gasteiger partial charge in [-0.25, -0.2) is 13.1 Å². The number of anilines is 1. The Hall–Kier alpha value is -1.89. The van der Waals surface area contributed by atoms with Crippen LogP contribution in [0.4, 0.5) is 5.69 Å². The minimum atomic E-state index is -3.43. The zero-order valence-electron chi connectivity index (χ0n) is 14.5. The highest BCUT2D eigenvalue weighted by molar-refractivity contribution is 7.89. The number of benzene rings is 2. The minimum Gasteiger partial charge on any atom is -0.326 e. The molecule has 0 atom stereocenters. The number of nitrogens with one attached hydrogen (secondary N) is 2. The predicted molar refractivity (Wildman–Crippen MR) is 103 cm³/mol. The maximum atomic E-state index is 12.1. The van der Waals surface area contributed by atoms with Crippen molar-refractivity contribution in [2.45, 2.75) is 43.5 Å². The average molecular weight is 393 g/mol. The van der Waals surface area contributed by atoms with Crippen LogP contribution < -0.4 is 10.0 Å². The lowest BCUT2D eigenvalue weighted by Gasteiger charge is -2.09. The van der Waals surface area contributed by atoms with Crippen molar-refractivity contribution in [3.05, 3.63) is 58.6 Å². The maximum absolute atomic E-state index is 12.1. The highest BCUT2D eigenvalue weighted by atomic mass is 35.5. The molecule has 26 heavy (non-hydrogen) atoms. The second-order valence-electron chi connectivity index (χ2n) is 6.55. The zero-order valence-corrected chi connectivity index (χ0v) is 16.0. The summed E-state index contributed by atoms with van der Waals surface area (Å²) in [6.07, 6.45) is 2.66. The zero-order chi connectivity index (χ0) is 18.7. The first-order chi connectivity index (χ1) is 12.3. The topological polar surface area (TPSA) is 75.3 Å². The molecule has 7 heteroatoms. The number of sulfonamides is 1. The van der Waals surface area contributed by atoms with Crippen molar-refractivity contribution in [3.63, 3.8) is 0 Å². The van der Waals surface area contributed by atoms with Crippen molar-refractivity contribution in [2.75, 3.05) is 5.32 Å². The first kappa shape index (κ1) is 18.9.